The van der Waals surface area contributed by atoms with Gasteiger partial charge < -0.3 is 0 Å². The molecule has 0 spiro atoms. The van der Waals surface area contributed by atoms with Gasteiger partial charge in [-0.1, -0.05) is 6.07 Å². The molecule has 0 atom stereocenters. The number of hydrazine groups is 1. The SMILES string of the molecule is NNC(=O)c1c(F)cccc1[C]=O. The Balaban J connectivity index is 3.30. The van der Waals surface area contributed by atoms with Crippen LogP contribution in [-0.2, 0) is 4.79 Å². The summed E-state index contributed by atoms with van der Waals surface area (Å²) < 4.78 is 13.0. The van der Waals surface area contributed by atoms with Crippen molar-refractivity contribution in [3.63, 3.8) is 0 Å². The Morgan fingerprint density at radius 1 is 1.54 bits per heavy atom. The third-order valence-electron chi connectivity index (χ3n) is 1.48. The molecule has 0 aliphatic rings. The highest BCUT2D eigenvalue weighted by atomic mass is 19.1. The first-order valence-corrected chi connectivity index (χ1v) is 3.38. The van der Waals surface area contributed by atoms with Gasteiger partial charge in [-0.2, -0.15) is 0 Å². The number of halogens is 1. The Labute approximate surface area is 73.5 Å². The van der Waals surface area contributed by atoms with E-state index in [1.807, 2.05) is 0 Å². The van der Waals surface area contributed by atoms with Crippen LogP contribution in [0.3, 0.4) is 0 Å². The highest BCUT2D eigenvalue weighted by Crippen LogP contribution is 2.10. The predicted octanol–water partition coefficient (Wildman–Crippen LogP) is -0.113. The normalized spacial score (nSPS) is 9.38. The summed E-state index contributed by atoms with van der Waals surface area (Å²) in [6.07, 6.45) is 1.45. The second kappa shape index (κ2) is 3.77. The van der Waals surface area contributed by atoms with Crippen LogP contribution in [0.1, 0.15) is 15.9 Å². The van der Waals surface area contributed by atoms with Gasteiger partial charge in [0.25, 0.3) is 5.91 Å². The van der Waals surface area contributed by atoms with Crippen LogP contribution < -0.4 is 11.3 Å². The summed E-state index contributed by atoms with van der Waals surface area (Å²) in [5.74, 6) is 3.15. The van der Waals surface area contributed by atoms with Gasteiger partial charge in [-0.3, -0.25) is 15.0 Å². The van der Waals surface area contributed by atoms with E-state index < -0.39 is 11.7 Å². The predicted molar refractivity (Wildman–Crippen MR) is 42.8 cm³/mol. The summed E-state index contributed by atoms with van der Waals surface area (Å²) in [6.45, 7) is 0. The van der Waals surface area contributed by atoms with E-state index in [-0.39, 0.29) is 11.1 Å². The Morgan fingerprint density at radius 2 is 2.23 bits per heavy atom. The van der Waals surface area contributed by atoms with Crippen LogP contribution in [0.2, 0.25) is 0 Å². The van der Waals surface area contributed by atoms with Crippen molar-refractivity contribution in [1.29, 1.82) is 0 Å². The second-order valence-corrected chi connectivity index (χ2v) is 2.24. The lowest BCUT2D eigenvalue weighted by molar-refractivity contribution is 0.0949. The molecule has 4 nitrogen and oxygen atoms in total. The van der Waals surface area contributed by atoms with Gasteiger partial charge in [0.2, 0.25) is 6.29 Å². The number of amides is 1. The Bertz CT molecular complexity index is 352. The maximum absolute atomic E-state index is 13.0. The topological polar surface area (TPSA) is 72.2 Å². The Morgan fingerprint density at radius 3 is 2.77 bits per heavy atom. The minimum absolute atomic E-state index is 0.150. The molecule has 1 radical (unpaired) electrons. The van der Waals surface area contributed by atoms with Crippen LogP contribution in [0.4, 0.5) is 4.39 Å². The van der Waals surface area contributed by atoms with Gasteiger partial charge in [-0.25, -0.2) is 10.2 Å². The molecule has 1 aromatic rings. The fourth-order valence-corrected chi connectivity index (χ4v) is 0.912. The molecule has 5 heteroatoms. The minimum atomic E-state index is -0.851. The first-order chi connectivity index (χ1) is 6.20. The summed E-state index contributed by atoms with van der Waals surface area (Å²) in [4.78, 5) is 21.2. The minimum Gasteiger partial charge on any atom is -0.290 e. The lowest BCUT2D eigenvalue weighted by Crippen LogP contribution is -2.31. The number of rotatable bonds is 2. The molecule has 0 bridgehead atoms. The van der Waals surface area contributed by atoms with Crippen LogP contribution in [0.25, 0.3) is 0 Å². The van der Waals surface area contributed by atoms with Crippen LogP contribution in [-0.4, -0.2) is 12.2 Å². The number of nitrogens with two attached hydrogens (primary N) is 1. The average molecular weight is 181 g/mol. The number of hydrogen-bond donors (Lipinski definition) is 2. The smallest absolute Gasteiger partial charge is 0.268 e. The van der Waals surface area contributed by atoms with E-state index in [0.717, 1.165) is 6.07 Å². The fourth-order valence-electron chi connectivity index (χ4n) is 0.912. The van der Waals surface area contributed by atoms with Crippen molar-refractivity contribution in [2.24, 2.45) is 5.84 Å². The zero-order valence-electron chi connectivity index (χ0n) is 6.50. The summed E-state index contributed by atoms with van der Waals surface area (Å²) in [5.41, 5.74) is 1.20. The molecule has 13 heavy (non-hydrogen) atoms. The standard InChI is InChI=1S/C8H6FN2O2/c9-6-3-1-2-5(4-12)7(6)8(13)11-10/h1-3H,10H2,(H,11,13). The molecule has 0 saturated heterocycles. The zero-order valence-corrected chi connectivity index (χ0v) is 6.50. The van der Waals surface area contributed by atoms with Crippen LogP contribution in [0.15, 0.2) is 18.2 Å². The van der Waals surface area contributed by atoms with E-state index in [9.17, 15) is 14.0 Å². The first-order valence-electron chi connectivity index (χ1n) is 3.38. The summed E-state index contributed by atoms with van der Waals surface area (Å²) >= 11 is 0. The molecule has 1 aromatic carbocycles. The van der Waals surface area contributed by atoms with Crippen LogP contribution in [0.5, 0.6) is 0 Å². The largest absolute Gasteiger partial charge is 0.290 e. The average Bonchev–Trinajstić information content (AvgIpc) is 2.16. The molecule has 0 aromatic heterocycles. The zero-order chi connectivity index (χ0) is 9.84. The molecular weight excluding hydrogens is 175 g/mol. The van der Waals surface area contributed by atoms with Gasteiger partial charge in [0, 0.05) is 5.56 Å². The summed E-state index contributed by atoms with van der Waals surface area (Å²) in [5, 5.41) is 0. The maximum atomic E-state index is 13.0. The Kier molecular flexibility index (Phi) is 2.71. The monoisotopic (exact) mass is 181 g/mol. The highest BCUT2D eigenvalue weighted by molar-refractivity contribution is 6.01. The highest BCUT2D eigenvalue weighted by Gasteiger charge is 2.15. The molecule has 0 aliphatic carbocycles. The van der Waals surface area contributed by atoms with Crippen molar-refractivity contribution < 1.29 is 14.0 Å². The maximum Gasteiger partial charge on any atom is 0.268 e. The number of nitrogens with one attached hydrogen (secondary N) is 1. The number of carbonyl (C=O) groups is 1. The van der Waals surface area contributed by atoms with E-state index in [1.165, 1.54) is 18.4 Å². The van der Waals surface area contributed by atoms with Gasteiger partial charge in [0.1, 0.15) is 5.82 Å². The summed E-state index contributed by atoms with van der Waals surface area (Å²) in [7, 11) is 0. The summed E-state index contributed by atoms with van der Waals surface area (Å²) in [6, 6.07) is 3.65. The molecule has 3 N–H and O–H groups in total. The molecular formula is C8H6FN2O2. The van der Waals surface area contributed by atoms with Gasteiger partial charge >= 0.3 is 0 Å². The molecule has 0 unspecified atom stereocenters. The van der Waals surface area contributed by atoms with Crippen molar-refractivity contribution in [3.8, 4) is 0 Å². The number of benzene rings is 1. The second-order valence-electron chi connectivity index (χ2n) is 2.24. The fraction of sp³-hybridized carbons (Fsp3) is 0. The van der Waals surface area contributed by atoms with Gasteiger partial charge in [-0.15, -0.1) is 0 Å². The molecule has 0 saturated carbocycles. The lowest BCUT2D eigenvalue weighted by atomic mass is 10.1. The van der Waals surface area contributed by atoms with Crippen LogP contribution in [0, 0.1) is 5.82 Å². The van der Waals surface area contributed by atoms with Crippen molar-refractivity contribution >= 4 is 12.2 Å². The molecule has 0 heterocycles. The number of nitrogen functional groups attached to an aromatic ring is 1. The molecule has 0 aliphatic heterocycles. The van der Waals surface area contributed by atoms with E-state index in [4.69, 9.17) is 5.84 Å². The molecule has 0 fully saturated rings. The molecule has 67 valence electrons. The number of carbonyl (C=O) groups excluding carboxylic acids is 2. The lowest BCUT2D eigenvalue weighted by Gasteiger charge is -2.02. The van der Waals surface area contributed by atoms with Crippen molar-refractivity contribution in [1.82, 2.24) is 5.43 Å². The van der Waals surface area contributed by atoms with E-state index in [0.29, 0.717) is 0 Å². The molecule has 1 rings (SSSR count). The van der Waals surface area contributed by atoms with Gasteiger partial charge in [-0.05, 0) is 12.1 Å². The van der Waals surface area contributed by atoms with Gasteiger partial charge in [0.05, 0.1) is 5.56 Å². The van der Waals surface area contributed by atoms with Crippen molar-refractivity contribution in [2.75, 3.05) is 0 Å². The quantitative estimate of drug-likeness (QED) is 0.379. The van der Waals surface area contributed by atoms with E-state index in [2.05, 4.69) is 0 Å². The van der Waals surface area contributed by atoms with Crippen molar-refractivity contribution in [3.05, 3.63) is 35.1 Å². The van der Waals surface area contributed by atoms with Crippen molar-refractivity contribution in [2.45, 2.75) is 0 Å². The Hall–Kier alpha value is -1.75. The first kappa shape index (κ1) is 9.34. The number of hydrogen-bond acceptors (Lipinski definition) is 3. The molecule has 1 amide bonds. The van der Waals surface area contributed by atoms with E-state index >= 15 is 0 Å². The van der Waals surface area contributed by atoms with Crippen LogP contribution >= 0.6 is 0 Å². The van der Waals surface area contributed by atoms with E-state index in [1.54, 1.807) is 5.43 Å². The third-order valence-corrected chi connectivity index (χ3v) is 1.48. The third kappa shape index (κ3) is 1.70. The van der Waals surface area contributed by atoms with Gasteiger partial charge in [0.15, 0.2) is 0 Å².